The normalized spacial score (nSPS) is 12.1. The van der Waals surface area contributed by atoms with Crippen LogP contribution in [0.2, 0.25) is 0 Å². The van der Waals surface area contributed by atoms with Crippen molar-refractivity contribution in [2.45, 2.75) is 19.1 Å². The van der Waals surface area contributed by atoms with Crippen molar-refractivity contribution in [3.63, 3.8) is 0 Å². The predicted octanol–water partition coefficient (Wildman–Crippen LogP) is 1.31. The maximum Gasteiger partial charge on any atom is 0.401 e. The van der Waals surface area contributed by atoms with Gasteiger partial charge in [-0.25, -0.2) is 0 Å². The zero-order chi connectivity index (χ0) is 13.8. The lowest BCUT2D eigenvalue weighted by molar-refractivity contribution is -0.143. The molecule has 0 unspecified atom stereocenters. The lowest BCUT2D eigenvalue weighted by Crippen LogP contribution is -2.32. The maximum absolute atomic E-state index is 12.1. The van der Waals surface area contributed by atoms with Crippen molar-refractivity contribution in [2.75, 3.05) is 25.9 Å². The van der Waals surface area contributed by atoms with E-state index in [9.17, 15) is 18.0 Å². The van der Waals surface area contributed by atoms with Crippen LogP contribution in [-0.2, 0) is 6.54 Å². The van der Waals surface area contributed by atoms with Gasteiger partial charge in [0.1, 0.15) is 0 Å². The van der Waals surface area contributed by atoms with Crippen LogP contribution < -0.4 is 11.3 Å². The average molecular weight is 263 g/mol. The van der Waals surface area contributed by atoms with Crippen LogP contribution in [0.25, 0.3) is 0 Å². The lowest BCUT2D eigenvalue weighted by atomic mass is 10.3. The monoisotopic (exact) mass is 263 g/mol. The largest absolute Gasteiger partial charge is 0.401 e. The van der Waals surface area contributed by atoms with Crippen LogP contribution in [0.5, 0.6) is 0 Å². The molecule has 0 fully saturated rings. The molecule has 1 aromatic rings. The first-order valence-corrected chi connectivity index (χ1v) is 5.49. The summed E-state index contributed by atoms with van der Waals surface area (Å²) in [6.07, 6.45) is -2.25. The van der Waals surface area contributed by atoms with Gasteiger partial charge in [-0.2, -0.15) is 13.2 Å². The summed E-state index contributed by atoms with van der Waals surface area (Å²) in [5.41, 5.74) is 5.77. The van der Waals surface area contributed by atoms with Gasteiger partial charge in [-0.15, -0.1) is 0 Å². The molecule has 0 bridgehead atoms. The zero-order valence-corrected chi connectivity index (χ0v) is 10.1. The Morgan fingerprint density at radius 1 is 1.39 bits per heavy atom. The summed E-state index contributed by atoms with van der Waals surface area (Å²) in [4.78, 5) is 12.6. The number of rotatable bonds is 5. The van der Waals surface area contributed by atoms with E-state index >= 15 is 0 Å². The molecule has 0 atom stereocenters. The SMILES string of the molecule is CN(CCCn1cc(N)ccc1=O)CC(F)(F)F. The van der Waals surface area contributed by atoms with Crippen LogP contribution in [0.1, 0.15) is 6.42 Å². The summed E-state index contributed by atoms with van der Waals surface area (Å²) in [6.45, 7) is -0.328. The molecule has 0 aliphatic carbocycles. The van der Waals surface area contributed by atoms with Crippen molar-refractivity contribution in [2.24, 2.45) is 0 Å². The summed E-state index contributed by atoms with van der Waals surface area (Å²) in [5.74, 6) is 0. The molecule has 0 radical (unpaired) electrons. The van der Waals surface area contributed by atoms with E-state index in [1.807, 2.05) is 0 Å². The maximum atomic E-state index is 12.1. The fourth-order valence-electron chi connectivity index (χ4n) is 1.62. The minimum Gasteiger partial charge on any atom is -0.398 e. The molecule has 102 valence electrons. The summed E-state index contributed by atoms with van der Waals surface area (Å²) in [6, 6.07) is 2.84. The van der Waals surface area contributed by atoms with Crippen molar-refractivity contribution < 1.29 is 13.2 Å². The van der Waals surface area contributed by atoms with Crippen LogP contribution in [-0.4, -0.2) is 35.8 Å². The number of nitrogens with zero attached hydrogens (tertiary/aromatic N) is 2. The minimum atomic E-state index is -4.19. The molecule has 0 aliphatic heterocycles. The van der Waals surface area contributed by atoms with E-state index in [4.69, 9.17) is 5.73 Å². The molecular weight excluding hydrogens is 247 g/mol. The molecular formula is C11H16F3N3O. The highest BCUT2D eigenvalue weighted by molar-refractivity contribution is 5.33. The first kappa shape index (κ1) is 14.6. The Hall–Kier alpha value is -1.50. The second-order valence-corrected chi connectivity index (χ2v) is 4.20. The Morgan fingerprint density at radius 2 is 2.06 bits per heavy atom. The van der Waals surface area contributed by atoms with Gasteiger partial charge in [0.15, 0.2) is 0 Å². The van der Waals surface area contributed by atoms with Crippen LogP contribution >= 0.6 is 0 Å². The predicted molar refractivity (Wildman–Crippen MR) is 63.3 cm³/mol. The van der Waals surface area contributed by atoms with E-state index in [-0.39, 0.29) is 12.1 Å². The highest BCUT2D eigenvalue weighted by Crippen LogP contribution is 2.15. The van der Waals surface area contributed by atoms with Crippen molar-refractivity contribution >= 4 is 5.69 Å². The fourth-order valence-corrected chi connectivity index (χ4v) is 1.62. The molecule has 0 amide bonds. The quantitative estimate of drug-likeness (QED) is 0.871. The summed E-state index contributed by atoms with van der Waals surface area (Å²) in [7, 11) is 1.40. The van der Waals surface area contributed by atoms with Crippen LogP contribution in [0, 0.1) is 0 Å². The number of pyridine rings is 1. The van der Waals surface area contributed by atoms with Crippen molar-refractivity contribution in [3.05, 3.63) is 28.7 Å². The molecule has 0 aromatic carbocycles. The van der Waals surface area contributed by atoms with Gasteiger partial charge in [0.25, 0.3) is 5.56 Å². The summed E-state index contributed by atoms with van der Waals surface area (Å²) in [5, 5.41) is 0. The van der Waals surface area contributed by atoms with E-state index in [1.54, 1.807) is 0 Å². The van der Waals surface area contributed by atoms with Crippen molar-refractivity contribution in [3.8, 4) is 0 Å². The minimum absolute atomic E-state index is 0.206. The number of nitrogens with two attached hydrogens (primary N) is 1. The number of aryl methyl sites for hydroxylation is 1. The van der Waals surface area contributed by atoms with Gasteiger partial charge in [-0.3, -0.25) is 9.69 Å². The highest BCUT2D eigenvalue weighted by Gasteiger charge is 2.28. The van der Waals surface area contributed by atoms with Crippen molar-refractivity contribution in [1.29, 1.82) is 0 Å². The molecule has 2 N–H and O–H groups in total. The fraction of sp³-hybridized carbons (Fsp3) is 0.545. The lowest BCUT2D eigenvalue weighted by Gasteiger charge is -2.18. The zero-order valence-electron chi connectivity index (χ0n) is 10.1. The van der Waals surface area contributed by atoms with Gasteiger partial charge in [0.2, 0.25) is 0 Å². The van der Waals surface area contributed by atoms with Crippen LogP contribution in [0.4, 0.5) is 18.9 Å². The van der Waals surface area contributed by atoms with E-state index in [0.29, 0.717) is 18.7 Å². The van der Waals surface area contributed by atoms with Crippen molar-refractivity contribution in [1.82, 2.24) is 9.47 Å². The Bertz CT molecular complexity index is 442. The van der Waals surface area contributed by atoms with Gasteiger partial charge in [-0.1, -0.05) is 0 Å². The molecule has 1 aromatic heterocycles. The Balaban J connectivity index is 2.42. The number of hydrogen-bond donors (Lipinski definition) is 1. The Morgan fingerprint density at radius 3 is 2.67 bits per heavy atom. The van der Waals surface area contributed by atoms with Gasteiger partial charge in [0, 0.05) is 24.5 Å². The van der Waals surface area contributed by atoms with Gasteiger partial charge in [0.05, 0.1) is 6.54 Å². The summed E-state index contributed by atoms with van der Waals surface area (Å²) >= 11 is 0. The standard InChI is InChI=1S/C11H16F3N3O/c1-16(8-11(12,13)14)5-2-6-17-7-9(15)3-4-10(17)18/h3-4,7H,2,5-6,8,15H2,1H3. The molecule has 1 heterocycles. The Labute approximate surface area is 103 Å². The van der Waals surface area contributed by atoms with Gasteiger partial charge < -0.3 is 10.3 Å². The molecule has 0 spiro atoms. The third-order valence-corrected chi connectivity index (χ3v) is 2.39. The van der Waals surface area contributed by atoms with Crippen LogP contribution in [0.15, 0.2) is 23.1 Å². The highest BCUT2D eigenvalue weighted by atomic mass is 19.4. The number of hydrogen-bond acceptors (Lipinski definition) is 3. The number of aromatic nitrogens is 1. The number of halogens is 3. The number of alkyl halides is 3. The number of nitrogen functional groups attached to an aromatic ring is 1. The van der Waals surface area contributed by atoms with E-state index in [1.165, 1.54) is 34.8 Å². The molecule has 1 rings (SSSR count). The summed E-state index contributed by atoms with van der Waals surface area (Å²) < 4.78 is 37.6. The first-order chi connectivity index (χ1) is 8.28. The smallest absolute Gasteiger partial charge is 0.398 e. The van der Waals surface area contributed by atoms with E-state index in [2.05, 4.69) is 0 Å². The van der Waals surface area contributed by atoms with E-state index < -0.39 is 12.7 Å². The molecule has 4 nitrogen and oxygen atoms in total. The van der Waals surface area contributed by atoms with Gasteiger partial charge >= 0.3 is 6.18 Å². The third-order valence-electron chi connectivity index (χ3n) is 2.39. The second-order valence-electron chi connectivity index (χ2n) is 4.20. The first-order valence-electron chi connectivity index (χ1n) is 5.49. The molecule has 0 saturated heterocycles. The van der Waals surface area contributed by atoms with E-state index in [0.717, 1.165) is 0 Å². The molecule has 7 heteroatoms. The Kier molecular flexibility index (Phi) is 4.77. The molecule has 0 aliphatic rings. The molecule has 18 heavy (non-hydrogen) atoms. The number of anilines is 1. The second kappa shape index (κ2) is 5.90. The molecule has 0 saturated carbocycles. The topological polar surface area (TPSA) is 51.3 Å². The average Bonchev–Trinajstić information content (AvgIpc) is 2.20. The van der Waals surface area contributed by atoms with Gasteiger partial charge in [-0.05, 0) is 26.1 Å². The third kappa shape index (κ3) is 5.22. The van der Waals surface area contributed by atoms with Crippen LogP contribution in [0.3, 0.4) is 0 Å².